The van der Waals surface area contributed by atoms with Gasteiger partial charge in [-0.05, 0) is 66.4 Å². The van der Waals surface area contributed by atoms with Crippen molar-refractivity contribution in [1.29, 1.82) is 0 Å². The van der Waals surface area contributed by atoms with E-state index in [1.54, 1.807) is 30.0 Å². The number of piperazine rings is 1. The van der Waals surface area contributed by atoms with Gasteiger partial charge in [0.25, 0.3) is 5.91 Å². The highest BCUT2D eigenvalue weighted by atomic mass is 35.5. The first kappa shape index (κ1) is 29.9. The van der Waals surface area contributed by atoms with Gasteiger partial charge in [-0.15, -0.1) is 11.6 Å². The van der Waals surface area contributed by atoms with Crippen molar-refractivity contribution in [2.24, 2.45) is 5.92 Å². The smallest absolute Gasteiger partial charge is 0.407 e. The predicted octanol–water partition coefficient (Wildman–Crippen LogP) is 6.09. The van der Waals surface area contributed by atoms with E-state index >= 15 is 0 Å². The van der Waals surface area contributed by atoms with Crippen molar-refractivity contribution in [3.8, 4) is 11.5 Å². The molecule has 0 bridgehead atoms. The monoisotopic (exact) mass is 581 g/mol. The van der Waals surface area contributed by atoms with Crippen molar-refractivity contribution < 1.29 is 28.6 Å². The minimum Gasteiger partial charge on any atom is -0.465 e. The van der Waals surface area contributed by atoms with Gasteiger partial charge in [0.05, 0.1) is 6.04 Å². The molecular formula is C31H33ClFN3O5. The van der Waals surface area contributed by atoms with Gasteiger partial charge in [0.15, 0.2) is 0 Å². The van der Waals surface area contributed by atoms with Crippen LogP contribution in [0.1, 0.15) is 31.0 Å². The van der Waals surface area contributed by atoms with E-state index in [4.69, 9.17) is 16.3 Å². The van der Waals surface area contributed by atoms with Crippen LogP contribution in [0.4, 0.5) is 14.9 Å². The maximum absolute atomic E-state index is 14.3. The summed E-state index contributed by atoms with van der Waals surface area (Å²) in [4.78, 5) is 43.9. The molecule has 0 spiro atoms. The van der Waals surface area contributed by atoms with Crippen molar-refractivity contribution in [2.75, 3.05) is 30.4 Å². The lowest BCUT2D eigenvalue weighted by Gasteiger charge is -2.44. The van der Waals surface area contributed by atoms with Gasteiger partial charge >= 0.3 is 6.09 Å². The van der Waals surface area contributed by atoms with Crippen molar-refractivity contribution >= 4 is 35.2 Å². The third-order valence-corrected chi connectivity index (χ3v) is 7.44. The van der Waals surface area contributed by atoms with Crippen LogP contribution in [0.3, 0.4) is 0 Å². The molecule has 1 fully saturated rings. The first-order chi connectivity index (χ1) is 19.6. The number of hydrogen-bond donors (Lipinski definition) is 1. The zero-order valence-electron chi connectivity index (χ0n) is 23.2. The van der Waals surface area contributed by atoms with Gasteiger partial charge in [0.1, 0.15) is 29.2 Å². The number of carbonyl (C=O) groups is 3. The number of carboxylic acid groups (broad SMARTS) is 1. The molecule has 10 heteroatoms. The Kier molecular flexibility index (Phi) is 9.50. The summed E-state index contributed by atoms with van der Waals surface area (Å²) >= 11 is 6.08. The van der Waals surface area contributed by atoms with Gasteiger partial charge in [0.2, 0.25) is 5.91 Å². The number of nitrogens with zero attached hydrogens (tertiary/aromatic N) is 3. The molecule has 8 nitrogen and oxygen atoms in total. The van der Waals surface area contributed by atoms with Gasteiger partial charge in [-0.3, -0.25) is 14.5 Å². The Morgan fingerprint density at radius 1 is 1.02 bits per heavy atom. The van der Waals surface area contributed by atoms with Crippen LogP contribution in [0.2, 0.25) is 0 Å². The maximum Gasteiger partial charge on any atom is 0.407 e. The first-order valence-corrected chi connectivity index (χ1v) is 13.9. The quantitative estimate of drug-likeness (QED) is 0.325. The Morgan fingerprint density at radius 2 is 1.71 bits per heavy atom. The minimum atomic E-state index is -1.16. The molecule has 2 atom stereocenters. The van der Waals surface area contributed by atoms with Crippen LogP contribution in [-0.4, -0.2) is 64.4 Å². The van der Waals surface area contributed by atoms with Gasteiger partial charge in [-0.2, -0.15) is 0 Å². The van der Waals surface area contributed by atoms with Crippen molar-refractivity contribution in [1.82, 2.24) is 9.80 Å². The second kappa shape index (κ2) is 13.0. The molecule has 1 heterocycles. The normalized spacial score (nSPS) is 15.9. The van der Waals surface area contributed by atoms with E-state index in [-0.39, 0.29) is 25.6 Å². The summed E-state index contributed by atoms with van der Waals surface area (Å²) in [6.45, 7) is 6.04. The predicted molar refractivity (Wildman–Crippen MR) is 155 cm³/mol. The van der Waals surface area contributed by atoms with E-state index in [0.717, 1.165) is 0 Å². The first-order valence-electron chi connectivity index (χ1n) is 13.4. The van der Waals surface area contributed by atoms with Crippen molar-refractivity contribution in [2.45, 2.75) is 32.9 Å². The molecule has 0 radical (unpaired) electrons. The summed E-state index contributed by atoms with van der Waals surface area (Å²) in [5.41, 5.74) is 1.51. The van der Waals surface area contributed by atoms with E-state index < -0.39 is 41.7 Å². The molecular weight excluding hydrogens is 549 g/mol. The third-order valence-electron chi connectivity index (χ3n) is 7.21. The van der Waals surface area contributed by atoms with E-state index in [0.29, 0.717) is 28.3 Å². The molecule has 0 saturated carbocycles. The number of rotatable bonds is 8. The maximum atomic E-state index is 14.3. The summed E-state index contributed by atoms with van der Waals surface area (Å²) in [6.07, 6.45) is -1.04. The summed E-state index contributed by atoms with van der Waals surface area (Å²) in [5, 5.41) is 9.69. The number of ether oxygens (including phenoxy) is 1. The number of amides is 3. The fraction of sp³-hybridized carbons (Fsp3) is 0.323. The largest absolute Gasteiger partial charge is 0.465 e. The second-order valence-corrected chi connectivity index (χ2v) is 10.6. The Bertz CT molecular complexity index is 1390. The van der Waals surface area contributed by atoms with Crippen LogP contribution in [-0.2, 0) is 9.59 Å². The lowest BCUT2D eigenvalue weighted by Crippen LogP contribution is -2.59. The summed E-state index contributed by atoms with van der Waals surface area (Å²) in [5.74, 6) is -0.658. The molecule has 1 aliphatic rings. The van der Waals surface area contributed by atoms with Crippen LogP contribution in [0.15, 0.2) is 72.8 Å². The summed E-state index contributed by atoms with van der Waals surface area (Å²) in [6, 6.07) is 18.3. The standard InChI is InChI=1S/C31H33ClFN3O5/c1-20(2)27-19-34(15-16-35(27)31(39)40)30(38)29(22-9-11-23(33)12-10-22)36(28(37)18-32)26-14-13-25(17-21(26)3)41-24-7-5-4-6-8-24/h4-14,17,20,27,29H,15-16,18-19H2,1-3H3,(H,39,40). The average Bonchev–Trinajstić information content (AvgIpc) is 2.96. The topological polar surface area (TPSA) is 90.4 Å². The highest BCUT2D eigenvalue weighted by molar-refractivity contribution is 6.30. The van der Waals surface area contributed by atoms with Gasteiger partial charge in [-0.25, -0.2) is 9.18 Å². The third kappa shape index (κ3) is 6.79. The van der Waals surface area contributed by atoms with E-state index in [1.807, 2.05) is 44.2 Å². The van der Waals surface area contributed by atoms with Crippen LogP contribution in [0.5, 0.6) is 11.5 Å². The molecule has 2 unspecified atom stereocenters. The van der Waals surface area contributed by atoms with E-state index in [9.17, 15) is 23.9 Å². The highest BCUT2D eigenvalue weighted by Crippen LogP contribution is 2.35. The number of aryl methyl sites for hydroxylation is 1. The minimum absolute atomic E-state index is 0.0500. The SMILES string of the molecule is Cc1cc(Oc2ccccc2)ccc1N(C(=O)CCl)C(C(=O)N1CCN(C(=O)O)C(C(C)C)C1)c1ccc(F)cc1. The summed E-state index contributed by atoms with van der Waals surface area (Å²) in [7, 11) is 0. The number of alkyl halides is 1. The number of carbonyl (C=O) groups excluding carboxylic acids is 2. The lowest BCUT2D eigenvalue weighted by molar-refractivity contribution is -0.137. The van der Waals surface area contributed by atoms with Crippen molar-refractivity contribution in [3.05, 3.63) is 89.7 Å². The molecule has 3 aromatic carbocycles. The molecule has 3 amide bonds. The Hall–Kier alpha value is -4.11. The van der Waals surface area contributed by atoms with Crippen molar-refractivity contribution in [3.63, 3.8) is 0 Å². The summed E-state index contributed by atoms with van der Waals surface area (Å²) < 4.78 is 19.9. The lowest BCUT2D eigenvalue weighted by atomic mass is 9.97. The zero-order chi connectivity index (χ0) is 29.7. The number of halogens is 2. The molecule has 1 aliphatic heterocycles. The molecule has 41 heavy (non-hydrogen) atoms. The molecule has 4 rings (SSSR count). The molecule has 216 valence electrons. The molecule has 1 saturated heterocycles. The Labute approximate surface area is 243 Å². The van der Waals surface area contributed by atoms with Crippen LogP contribution in [0, 0.1) is 18.7 Å². The number of anilines is 1. The van der Waals surface area contributed by atoms with Gasteiger partial charge < -0.3 is 19.6 Å². The van der Waals surface area contributed by atoms with Crippen LogP contribution >= 0.6 is 11.6 Å². The van der Waals surface area contributed by atoms with Crippen LogP contribution in [0.25, 0.3) is 0 Å². The second-order valence-electron chi connectivity index (χ2n) is 10.3. The molecule has 0 aliphatic carbocycles. The average molecular weight is 582 g/mol. The molecule has 3 aromatic rings. The van der Waals surface area contributed by atoms with E-state index in [2.05, 4.69) is 0 Å². The highest BCUT2D eigenvalue weighted by Gasteiger charge is 2.40. The number of hydrogen-bond acceptors (Lipinski definition) is 4. The van der Waals surface area contributed by atoms with E-state index in [1.165, 1.54) is 34.1 Å². The number of benzene rings is 3. The Balaban J connectivity index is 1.75. The fourth-order valence-corrected chi connectivity index (χ4v) is 5.24. The molecule has 0 aromatic heterocycles. The fourth-order valence-electron chi connectivity index (χ4n) is 5.11. The Morgan fingerprint density at radius 3 is 2.29 bits per heavy atom. The van der Waals surface area contributed by atoms with Crippen LogP contribution < -0.4 is 9.64 Å². The van der Waals surface area contributed by atoms with Gasteiger partial charge in [0, 0.05) is 25.3 Å². The zero-order valence-corrected chi connectivity index (χ0v) is 23.9. The van der Waals surface area contributed by atoms with Gasteiger partial charge in [-0.1, -0.05) is 44.2 Å². The number of para-hydroxylation sites is 1. The molecule has 1 N–H and O–H groups in total.